The quantitative estimate of drug-likeness (QED) is 0.729. The number of benzene rings is 2. The summed E-state index contributed by atoms with van der Waals surface area (Å²) in [5.74, 6) is 1.25. The molecule has 0 aliphatic heterocycles. The summed E-state index contributed by atoms with van der Waals surface area (Å²) in [5.41, 5.74) is 3.05. The predicted octanol–water partition coefficient (Wildman–Crippen LogP) is 4.48. The second kappa shape index (κ2) is 7.59. The second-order valence-electron chi connectivity index (χ2n) is 5.58. The number of rotatable bonds is 6. The minimum Gasteiger partial charge on any atom is -0.441 e. The first-order chi connectivity index (χ1) is 11.7. The van der Waals surface area contributed by atoms with Crippen molar-refractivity contribution in [1.82, 2.24) is 4.98 Å². The van der Waals surface area contributed by atoms with Crippen molar-refractivity contribution in [1.29, 1.82) is 0 Å². The zero-order valence-electron chi connectivity index (χ0n) is 13.7. The van der Waals surface area contributed by atoms with Crippen LogP contribution < -0.4 is 5.32 Å². The van der Waals surface area contributed by atoms with Gasteiger partial charge >= 0.3 is 0 Å². The monoisotopic (exact) mass is 320 g/mol. The maximum atomic E-state index is 12.0. The van der Waals surface area contributed by atoms with Crippen molar-refractivity contribution in [3.63, 3.8) is 0 Å². The molecule has 24 heavy (non-hydrogen) atoms. The number of hydrogen-bond donors (Lipinski definition) is 1. The van der Waals surface area contributed by atoms with Crippen molar-refractivity contribution in [2.45, 2.75) is 26.2 Å². The lowest BCUT2D eigenvalue weighted by atomic mass is 10.1. The van der Waals surface area contributed by atoms with E-state index in [1.54, 1.807) is 6.20 Å². The molecular formula is C20H20N2O2. The number of carbonyl (C=O) groups excluding carboxylic acids is 1. The van der Waals surface area contributed by atoms with Crippen molar-refractivity contribution < 1.29 is 9.21 Å². The van der Waals surface area contributed by atoms with E-state index in [1.807, 2.05) is 54.6 Å². The number of carbonyl (C=O) groups is 1. The van der Waals surface area contributed by atoms with Gasteiger partial charge in [-0.05, 0) is 24.1 Å². The van der Waals surface area contributed by atoms with Gasteiger partial charge in [0, 0.05) is 24.1 Å². The molecule has 0 saturated carbocycles. The molecule has 3 rings (SSSR count). The fraction of sp³-hybridized carbons (Fsp3) is 0.200. The van der Waals surface area contributed by atoms with E-state index in [9.17, 15) is 4.79 Å². The molecule has 0 fully saturated rings. The molecule has 4 nitrogen and oxygen atoms in total. The summed E-state index contributed by atoms with van der Waals surface area (Å²) >= 11 is 0. The average Bonchev–Trinajstić information content (AvgIpc) is 3.10. The molecule has 122 valence electrons. The third-order valence-corrected chi connectivity index (χ3v) is 3.82. The van der Waals surface area contributed by atoms with Crippen LogP contribution in [0.25, 0.3) is 11.3 Å². The number of oxazole rings is 1. The largest absolute Gasteiger partial charge is 0.441 e. The van der Waals surface area contributed by atoms with Crippen LogP contribution in [-0.4, -0.2) is 10.9 Å². The van der Waals surface area contributed by atoms with Gasteiger partial charge in [-0.2, -0.15) is 0 Å². The van der Waals surface area contributed by atoms with E-state index in [-0.39, 0.29) is 5.91 Å². The van der Waals surface area contributed by atoms with E-state index in [2.05, 4.69) is 17.2 Å². The Balaban J connectivity index is 1.53. The summed E-state index contributed by atoms with van der Waals surface area (Å²) in [6, 6.07) is 17.7. The Labute approximate surface area is 141 Å². The van der Waals surface area contributed by atoms with Gasteiger partial charge in [0.25, 0.3) is 0 Å². The highest BCUT2D eigenvalue weighted by Gasteiger charge is 2.09. The summed E-state index contributed by atoms with van der Waals surface area (Å²) in [5, 5.41) is 2.89. The van der Waals surface area contributed by atoms with Gasteiger partial charge in [-0.1, -0.05) is 49.4 Å². The molecule has 0 aliphatic rings. The Kier molecular flexibility index (Phi) is 5.06. The number of nitrogens with one attached hydrogen (secondary N) is 1. The molecule has 3 aromatic rings. The van der Waals surface area contributed by atoms with Gasteiger partial charge < -0.3 is 9.73 Å². The molecule has 1 N–H and O–H groups in total. The first-order valence-corrected chi connectivity index (χ1v) is 8.13. The average molecular weight is 320 g/mol. The lowest BCUT2D eigenvalue weighted by Crippen LogP contribution is -2.12. The van der Waals surface area contributed by atoms with Crippen LogP contribution in [0.1, 0.15) is 24.8 Å². The molecule has 0 atom stereocenters. The van der Waals surface area contributed by atoms with Gasteiger partial charge in [0.2, 0.25) is 5.91 Å². The predicted molar refractivity (Wildman–Crippen MR) is 94.7 cm³/mol. The molecule has 2 aromatic carbocycles. The Bertz CT molecular complexity index is 792. The number of nitrogens with zero attached hydrogens (tertiary/aromatic N) is 1. The van der Waals surface area contributed by atoms with Crippen LogP contribution in [0.15, 0.2) is 65.2 Å². The van der Waals surface area contributed by atoms with Crippen LogP contribution in [0.5, 0.6) is 0 Å². The Hall–Kier alpha value is -2.88. The second-order valence-corrected chi connectivity index (χ2v) is 5.58. The minimum atomic E-state index is -0.0429. The van der Waals surface area contributed by atoms with E-state index in [1.165, 1.54) is 5.56 Å². The van der Waals surface area contributed by atoms with E-state index in [0.29, 0.717) is 18.7 Å². The Morgan fingerprint density at radius 1 is 1.08 bits per heavy atom. The highest BCUT2D eigenvalue weighted by molar-refractivity contribution is 5.90. The zero-order chi connectivity index (χ0) is 16.8. The summed E-state index contributed by atoms with van der Waals surface area (Å²) in [4.78, 5) is 16.3. The van der Waals surface area contributed by atoms with Crippen LogP contribution in [0.3, 0.4) is 0 Å². The van der Waals surface area contributed by atoms with E-state index < -0.39 is 0 Å². The Morgan fingerprint density at radius 3 is 2.54 bits per heavy atom. The maximum absolute atomic E-state index is 12.0. The fourth-order valence-electron chi connectivity index (χ4n) is 2.43. The van der Waals surface area contributed by atoms with Crippen molar-refractivity contribution in [3.8, 4) is 11.3 Å². The number of anilines is 1. The van der Waals surface area contributed by atoms with Gasteiger partial charge in [-0.25, -0.2) is 4.98 Å². The molecule has 0 aliphatic carbocycles. The van der Waals surface area contributed by atoms with Crippen molar-refractivity contribution in [2.24, 2.45) is 0 Å². The van der Waals surface area contributed by atoms with Gasteiger partial charge in [0.05, 0.1) is 6.20 Å². The smallest absolute Gasteiger partial charge is 0.224 e. The first kappa shape index (κ1) is 16.0. The summed E-state index contributed by atoms with van der Waals surface area (Å²) in [6.07, 6.45) is 3.50. The summed E-state index contributed by atoms with van der Waals surface area (Å²) in [7, 11) is 0. The highest BCUT2D eigenvalue weighted by atomic mass is 16.4. The first-order valence-electron chi connectivity index (χ1n) is 8.13. The topological polar surface area (TPSA) is 55.1 Å². The SMILES string of the molecule is CCc1ccc(NC(=O)CCc2ncc(-c3ccccc3)o2)cc1. The zero-order valence-corrected chi connectivity index (χ0v) is 13.7. The van der Waals surface area contributed by atoms with Gasteiger partial charge in [0.15, 0.2) is 11.7 Å². The van der Waals surface area contributed by atoms with Crippen LogP contribution >= 0.6 is 0 Å². The third kappa shape index (κ3) is 4.10. The Morgan fingerprint density at radius 2 is 1.83 bits per heavy atom. The normalized spacial score (nSPS) is 10.5. The van der Waals surface area contributed by atoms with Crippen LogP contribution in [0.4, 0.5) is 5.69 Å². The molecule has 1 heterocycles. The fourth-order valence-corrected chi connectivity index (χ4v) is 2.43. The lowest BCUT2D eigenvalue weighted by molar-refractivity contribution is -0.116. The van der Waals surface area contributed by atoms with Crippen LogP contribution in [-0.2, 0) is 17.6 Å². The van der Waals surface area contributed by atoms with E-state index in [0.717, 1.165) is 23.4 Å². The molecule has 0 spiro atoms. The molecule has 0 radical (unpaired) electrons. The van der Waals surface area contributed by atoms with Crippen molar-refractivity contribution >= 4 is 11.6 Å². The highest BCUT2D eigenvalue weighted by Crippen LogP contribution is 2.20. The van der Waals surface area contributed by atoms with Crippen molar-refractivity contribution in [2.75, 3.05) is 5.32 Å². The maximum Gasteiger partial charge on any atom is 0.224 e. The third-order valence-electron chi connectivity index (χ3n) is 3.82. The standard InChI is InChI=1S/C20H20N2O2/c1-2-15-8-10-17(11-9-15)22-19(23)12-13-20-21-14-18(24-20)16-6-4-3-5-7-16/h3-11,14H,2,12-13H2,1H3,(H,22,23). The number of aromatic nitrogens is 1. The number of hydrogen-bond acceptors (Lipinski definition) is 3. The van der Waals surface area contributed by atoms with Crippen LogP contribution in [0, 0.1) is 0 Å². The minimum absolute atomic E-state index is 0.0429. The molecule has 1 aromatic heterocycles. The lowest BCUT2D eigenvalue weighted by Gasteiger charge is -2.05. The molecule has 1 amide bonds. The molecule has 0 bridgehead atoms. The number of amides is 1. The van der Waals surface area contributed by atoms with Gasteiger partial charge in [0.1, 0.15) is 0 Å². The molecule has 4 heteroatoms. The van der Waals surface area contributed by atoms with Gasteiger partial charge in [-0.3, -0.25) is 4.79 Å². The van der Waals surface area contributed by atoms with Gasteiger partial charge in [-0.15, -0.1) is 0 Å². The van der Waals surface area contributed by atoms with Crippen molar-refractivity contribution in [3.05, 3.63) is 72.2 Å². The molecular weight excluding hydrogens is 300 g/mol. The van der Waals surface area contributed by atoms with Crippen LogP contribution in [0.2, 0.25) is 0 Å². The number of aryl methyl sites for hydroxylation is 2. The summed E-state index contributed by atoms with van der Waals surface area (Å²) in [6.45, 7) is 2.10. The van der Waals surface area contributed by atoms with E-state index in [4.69, 9.17) is 4.42 Å². The summed E-state index contributed by atoms with van der Waals surface area (Å²) < 4.78 is 5.71. The molecule has 0 saturated heterocycles. The molecule has 0 unspecified atom stereocenters. The van der Waals surface area contributed by atoms with E-state index >= 15 is 0 Å².